The van der Waals surface area contributed by atoms with E-state index in [0.717, 1.165) is 0 Å². The molecule has 0 heterocycles. The lowest BCUT2D eigenvalue weighted by Crippen LogP contribution is -2.20. The molecule has 0 fully saturated rings. The number of ether oxygens (including phenoxy) is 1. The summed E-state index contributed by atoms with van der Waals surface area (Å²) in [6, 6.07) is 0. The van der Waals surface area contributed by atoms with E-state index in [2.05, 4.69) is 10.1 Å². The molecule has 0 aromatic rings. The Labute approximate surface area is 70.7 Å². The molecule has 12 heavy (non-hydrogen) atoms. The van der Waals surface area contributed by atoms with Crippen molar-refractivity contribution in [1.82, 2.24) is 5.32 Å². The first-order chi connectivity index (χ1) is 5.77. The molecule has 74 valence electrons. The maximum Gasteiger partial charge on any atom is 0.261 e. The summed E-state index contributed by atoms with van der Waals surface area (Å²) in [5.41, 5.74) is 0. The Morgan fingerprint density at radius 1 is 1.33 bits per heavy atom. The summed E-state index contributed by atoms with van der Waals surface area (Å²) in [5, 5.41) is 11.3. The molecule has 0 aromatic carbocycles. The van der Waals surface area contributed by atoms with Crippen LogP contribution in [-0.2, 0) is 4.74 Å². The average Bonchev–Trinajstić information content (AvgIpc) is 2.02. The molecular formula is C7H15F2NO2. The Morgan fingerprint density at radius 2 is 2.08 bits per heavy atom. The second kappa shape index (κ2) is 8.83. The zero-order valence-corrected chi connectivity index (χ0v) is 6.93. The Balaban J connectivity index is 2.82. The summed E-state index contributed by atoms with van der Waals surface area (Å²) in [5.74, 6) is 0. The van der Waals surface area contributed by atoms with Crippen LogP contribution in [0.15, 0.2) is 0 Å². The first kappa shape index (κ1) is 11.7. The molecule has 0 unspecified atom stereocenters. The van der Waals surface area contributed by atoms with Crippen molar-refractivity contribution in [3.8, 4) is 0 Å². The fraction of sp³-hybridized carbons (Fsp3) is 1.00. The van der Waals surface area contributed by atoms with E-state index in [1.165, 1.54) is 0 Å². The fourth-order valence-corrected chi connectivity index (χ4v) is 0.676. The Bertz CT molecular complexity index is 93.5. The number of aliphatic hydroxyl groups excluding tert-OH is 1. The van der Waals surface area contributed by atoms with Gasteiger partial charge in [0.15, 0.2) is 0 Å². The van der Waals surface area contributed by atoms with Gasteiger partial charge in [0, 0.05) is 13.2 Å². The van der Waals surface area contributed by atoms with Gasteiger partial charge in [0.05, 0.1) is 6.61 Å². The smallest absolute Gasteiger partial charge is 0.261 e. The summed E-state index contributed by atoms with van der Waals surface area (Å²) in [4.78, 5) is 0. The average molecular weight is 183 g/mol. The van der Waals surface area contributed by atoms with Gasteiger partial charge in [0.2, 0.25) is 0 Å². The number of hydrogen-bond donors (Lipinski definition) is 2. The molecular weight excluding hydrogens is 168 g/mol. The predicted molar refractivity (Wildman–Crippen MR) is 41.4 cm³/mol. The highest BCUT2D eigenvalue weighted by atomic mass is 19.3. The van der Waals surface area contributed by atoms with E-state index in [0.29, 0.717) is 26.1 Å². The van der Waals surface area contributed by atoms with Gasteiger partial charge in [0.1, 0.15) is 6.61 Å². The van der Waals surface area contributed by atoms with Crippen LogP contribution in [0.2, 0.25) is 0 Å². The van der Waals surface area contributed by atoms with Crippen molar-refractivity contribution in [2.75, 3.05) is 32.9 Å². The van der Waals surface area contributed by atoms with Crippen molar-refractivity contribution in [2.24, 2.45) is 0 Å². The van der Waals surface area contributed by atoms with E-state index in [1.807, 2.05) is 0 Å². The van der Waals surface area contributed by atoms with Crippen LogP contribution in [0.4, 0.5) is 8.78 Å². The molecule has 0 radical (unpaired) electrons. The quantitative estimate of drug-likeness (QED) is 0.530. The van der Waals surface area contributed by atoms with Crippen LogP contribution in [-0.4, -0.2) is 44.4 Å². The first-order valence-corrected chi connectivity index (χ1v) is 3.95. The van der Waals surface area contributed by atoms with Crippen LogP contribution in [0.5, 0.6) is 0 Å². The van der Waals surface area contributed by atoms with Gasteiger partial charge in [-0.3, -0.25) is 0 Å². The highest BCUT2D eigenvalue weighted by Gasteiger charge is 2.00. The third-order valence-electron chi connectivity index (χ3n) is 1.17. The molecule has 0 saturated carbocycles. The second-order valence-electron chi connectivity index (χ2n) is 2.29. The van der Waals surface area contributed by atoms with E-state index >= 15 is 0 Å². The molecule has 0 aliphatic carbocycles. The monoisotopic (exact) mass is 183 g/mol. The van der Waals surface area contributed by atoms with Gasteiger partial charge in [0.25, 0.3) is 6.43 Å². The summed E-state index contributed by atoms with van der Waals surface area (Å²) >= 11 is 0. The minimum Gasteiger partial charge on any atom is -0.395 e. The Morgan fingerprint density at radius 3 is 2.67 bits per heavy atom. The summed E-state index contributed by atoms with van der Waals surface area (Å²) in [6.45, 7) is 1.17. The molecule has 0 aliphatic heterocycles. The molecule has 0 aromatic heterocycles. The molecule has 0 saturated heterocycles. The van der Waals surface area contributed by atoms with Crippen molar-refractivity contribution in [3.63, 3.8) is 0 Å². The van der Waals surface area contributed by atoms with Crippen molar-refractivity contribution in [1.29, 1.82) is 0 Å². The molecule has 3 nitrogen and oxygen atoms in total. The van der Waals surface area contributed by atoms with Crippen LogP contribution < -0.4 is 5.32 Å². The number of aliphatic hydroxyl groups is 1. The third kappa shape index (κ3) is 9.74. The minimum atomic E-state index is -2.38. The van der Waals surface area contributed by atoms with Gasteiger partial charge in [-0.05, 0) is 13.0 Å². The molecule has 0 amide bonds. The van der Waals surface area contributed by atoms with Crippen molar-refractivity contribution < 1.29 is 18.6 Å². The van der Waals surface area contributed by atoms with Crippen LogP contribution in [0, 0.1) is 0 Å². The summed E-state index contributed by atoms with van der Waals surface area (Å²) < 4.78 is 27.6. The lowest BCUT2D eigenvalue weighted by molar-refractivity contribution is 0.0168. The molecule has 2 N–H and O–H groups in total. The highest BCUT2D eigenvalue weighted by molar-refractivity contribution is 4.45. The largest absolute Gasteiger partial charge is 0.395 e. The fourth-order valence-electron chi connectivity index (χ4n) is 0.676. The number of rotatable bonds is 8. The van der Waals surface area contributed by atoms with Gasteiger partial charge in [-0.25, -0.2) is 8.78 Å². The predicted octanol–water partition coefficient (Wildman–Crippen LogP) is 0.240. The maximum atomic E-state index is 11.5. The van der Waals surface area contributed by atoms with Crippen LogP contribution >= 0.6 is 0 Å². The van der Waals surface area contributed by atoms with E-state index in [4.69, 9.17) is 5.11 Å². The van der Waals surface area contributed by atoms with Crippen molar-refractivity contribution in [2.45, 2.75) is 12.8 Å². The maximum absolute atomic E-state index is 11.5. The van der Waals surface area contributed by atoms with Gasteiger partial charge in [-0.15, -0.1) is 0 Å². The first-order valence-electron chi connectivity index (χ1n) is 3.95. The molecule has 0 rings (SSSR count). The topological polar surface area (TPSA) is 41.5 Å². The van der Waals surface area contributed by atoms with Gasteiger partial charge in [-0.2, -0.15) is 0 Å². The van der Waals surface area contributed by atoms with Crippen LogP contribution in [0.25, 0.3) is 0 Å². The van der Waals surface area contributed by atoms with E-state index in [9.17, 15) is 8.78 Å². The van der Waals surface area contributed by atoms with Gasteiger partial charge in [-0.1, -0.05) is 0 Å². The number of nitrogens with one attached hydrogen (secondary N) is 1. The highest BCUT2D eigenvalue weighted by Crippen LogP contribution is 1.92. The summed E-state index contributed by atoms with van der Waals surface area (Å²) in [6.07, 6.45) is -1.69. The zero-order chi connectivity index (χ0) is 9.23. The lowest BCUT2D eigenvalue weighted by Gasteiger charge is -2.03. The summed E-state index contributed by atoms with van der Waals surface area (Å²) in [7, 11) is 0. The second-order valence-corrected chi connectivity index (χ2v) is 2.29. The Hall–Kier alpha value is -0.260. The standard InChI is InChI=1S/C7H15F2NO2/c8-7(9)6-12-5-1-2-10-3-4-11/h7,10-11H,1-6H2. The number of halogens is 2. The molecule has 0 atom stereocenters. The van der Waals surface area contributed by atoms with E-state index in [-0.39, 0.29) is 6.61 Å². The van der Waals surface area contributed by atoms with Crippen molar-refractivity contribution in [3.05, 3.63) is 0 Å². The normalized spacial score (nSPS) is 11.0. The third-order valence-corrected chi connectivity index (χ3v) is 1.17. The van der Waals surface area contributed by atoms with Crippen LogP contribution in [0.3, 0.4) is 0 Å². The van der Waals surface area contributed by atoms with Gasteiger partial charge < -0.3 is 15.2 Å². The zero-order valence-electron chi connectivity index (χ0n) is 6.93. The van der Waals surface area contributed by atoms with E-state index < -0.39 is 13.0 Å². The van der Waals surface area contributed by atoms with Crippen molar-refractivity contribution >= 4 is 0 Å². The number of hydrogen-bond acceptors (Lipinski definition) is 3. The van der Waals surface area contributed by atoms with Gasteiger partial charge >= 0.3 is 0 Å². The SMILES string of the molecule is OCCNCCCOCC(F)F. The molecule has 0 spiro atoms. The number of alkyl halides is 2. The Kier molecular flexibility index (Phi) is 8.64. The molecule has 0 aliphatic rings. The minimum absolute atomic E-state index is 0.0951. The molecule has 0 bridgehead atoms. The lowest BCUT2D eigenvalue weighted by atomic mass is 10.4. The van der Waals surface area contributed by atoms with E-state index in [1.54, 1.807) is 0 Å². The van der Waals surface area contributed by atoms with Crippen LogP contribution in [0.1, 0.15) is 6.42 Å². The molecule has 5 heteroatoms.